The van der Waals surface area contributed by atoms with E-state index in [1.54, 1.807) is 36.3 Å². The average Bonchev–Trinajstić information content (AvgIpc) is 2.86. The van der Waals surface area contributed by atoms with Crippen LogP contribution in [0.1, 0.15) is 59.0 Å². The molecule has 3 N–H and O–H groups in total. The van der Waals surface area contributed by atoms with Crippen LogP contribution in [0.15, 0.2) is 72.8 Å². The average molecular weight is 474 g/mol. The van der Waals surface area contributed by atoms with Crippen LogP contribution in [0.3, 0.4) is 0 Å². The van der Waals surface area contributed by atoms with Gasteiger partial charge < -0.3 is 20.7 Å². The second-order valence-corrected chi connectivity index (χ2v) is 9.54. The van der Waals surface area contributed by atoms with Crippen LogP contribution >= 0.6 is 0 Å². The molecule has 0 unspecified atom stereocenters. The molecule has 0 bridgehead atoms. The fraction of sp³-hybridized carbons (Fsp3) is 0.310. The Bertz CT molecular complexity index is 1130. The Morgan fingerprint density at radius 1 is 0.914 bits per heavy atom. The highest BCUT2D eigenvalue weighted by Crippen LogP contribution is 2.24. The van der Waals surface area contributed by atoms with E-state index in [1.165, 1.54) is 5.56 Å². The van der Waals surface area contributed by atoms with Gasteiger partial charge in [0.1, 0.15) is 5.75 Å². The van der Waals surface area contributed by atoms with Gasteiger partial charge in [-0.1, -0.05) is 51.1 Å². The number of ether oxygens (including phenoxy) is 1. The van der Waals surface area contributed by atoms with E-state index in [4.69, 9.17) is 10.5 Å². The predicted octanol–water partition coefficient (Wildman–Crippen LogP) is 5.24. The molecule has 0 saturated heterocycles. The Morgan fingerprint density at radius 2 is 1.54 bits per heavy atom. The van der Waals surface area contributed by atoms with Gasteiger partial charge in [0.15, 0.2) is 0 Å². The predicted molar refractivity (Wildman–Crippen MR) is 141 cm³/mol. The van der Waals surface area contributed by atoms with Gasteiger partial charge in [-0.25, -0.2) is 0 Å². The van der Waals surface area contributed by atoms with Gasteiger partial charge in [-0.05, 0) is 72.0 Å². The van der Waals surface area contributed by atoms with Crippen LogP contribution in [-0.4, -0.2) is 36.9 Å². The molecule has 0 saturated carbocycles. The molecule has 3 aromatic rings. The molecule has 6 heteroatoms. The van der Waals surface area contributed by atoms with Crippen LogP contribution in [0.2, 0.25) is 0 Å². The molecule has 2 amide bonds. The van der Waals surface area contributed by atoms with Crippen LogP contribution < -0.4 is 15.8 Å². The molecule has 6 nitrogen and oxygen atoms in total. The van der Waals surface area contributed by atoms with Gasteiger partial charge in [0.25, 0.3) is 11.8 Å². The van der Waals surface area contributed by atoms with E-state index >= 15 is 0 Å². The lowest BCUT2D eigenvalue weighted by Gasteiger charge is -2.24. The quantitative estimate of drug-likeness (QED) is 0.445. The van der Waals surface area contributed by atoms with Crippen molar-refractivity contribution in [3.05, 3.63) is 95.1 Å². The smallest absolute Gasteiger partial charge is 0.255 e. The Kier molecular flexibility index (Phi) is 8.66. The zero-order valence-corrected chi connectivity index (χ0v) is 21.0. The summed E-state index contributed by atoms with van der Waals surface area (Å²) in [5, 5.41) is 3.02. The number of hydrogen-bond donors (Lipinski definition) is 2. The second kappa shape index (κ2) is 11.7. The van der Waals surface area contributed by atoms with Crippen molar-refractivity contribution in [1.82, 2.24) is 4.90 Å². The summed E-state index contributed by atoms with van der Waals surface area (Å²) < 4.78 is 5.20. The van der Waals surface area contributed by atoms with Gasteiger partial charge in [-0.2, -0.15) is 0 Å². The van der Waals surface area contributed by atoms with E-state index in [0.29, 0.717) is 48.6 Å². The highest BCUT2D eigenvalue weighted by Gasteiger charge is 2.19. The minimum atomic E-state index is -0.187. The number of methoxy groups -OCH3 is 1. The number of nitrogens with one attached hydrogen (secondary N) is 1. The molecule has 0 aliphatic rings. The Labute approximate surface area is 208 Å². The van der Waals surface area contributed by atoms with Gasteiger partial charge in [-0.15, -0.1) is 0 Å². The summed E-state index contributed by atoms with van der Waals surface area (Å²) >= 11 is 0. The molecule has 0 spiro atoms. The summed E-state index contributed by atoms with van der Waals surface area (Å²) in [7, 11) is 1.59. The SMILES string of the molecule is COc1ccc(C(=O)N(CCCN)Cc2ccccc2NC(=O)c2ccc(C(C)(C)C)cc2)cc1. The molecule has 184 valence electrons. The number of benzene rings is 3. The lowest BCUT2D eigenvalue weighted by atomic mass is 9.86. The lowest BCUT2D eigenvalue weighted by Crippen LogP contribution is -2.33. The fourth-order valence-corrected chi connectivity index (χ4v) is 3.75. The van der Waals surface area contributed by atoms with E-state index in [-0.39, 0.29) is 17.2 Å². The van der Waals surface area contributed by atoms with Gasteiger partial charge in [0.2, 0.25) is 0 Å². The monoisotopic (exact) mass is 473 g/mol. The number of amides is 2. The summed E-state index contributed by atoms with van der Waals surface area (Å²) in [4.78, 5) is 28.0. The maximum Gasteiger partial charge on any atom is 0.255 e. The van der Waals surface area contributed by atoms with Crippen molar-refractivity contribution in [2.24, 2.45) is 5.73 Å². The topological polar surface area (TPSA) is 84.7 Å². The molecule has 0 heterocycles. The van der Waals surface area contributed by atoms with Crippen molar-refractivity contribution in [2.45, 2.75) is 39.2 Å². The van der Waals surface area contributed by atoms with Gasteiger partial charge in [0.05, 0.1) is 7.11 Å². The van der Waals surface area contributed by atoms with E-state index < -0.39 is 0 Å². The molecule has 0 atom stereocenters. The van der Waals surface area contributed by atoms with E-state index in [9.17, 15) is 9.59 Å². The summed E-state index contributed by atoms with van der Waals surface area (Å²) in [6, 6.07) is 22.3. The third-order valence-electron chi connectivity index (χ3n) is 5.90. The minimum absolute atomic E-state index is 0.0189. The van der Waals surface area contributed by atoms with Crippen molar-refractivity contribution in [3.63, 3.8) is 0 Å². The Balaban J connectivity index is 1.79. The fourth-order valence-electron chi connectivity index (χ4n) is 3.75. The minimum Gasteiger partial charge on any atom is -0.497 e. The third-order valence-corrected chi connectivity index (χ3v) is 5.90. The summed E-state index contributed by atoms with van der Waals surface area (Å²) in [5.74, 6) is 0.409. The largest absolute Gasteiger partial charge is 0.497 e. The first-order valence-electron chi connectivity index (χ1n) is 11.9. The first kappa shape index (κ1) is 26.0. The van der Waals surface area contributed by atoms with Crippen LogP contribution in [0, 0.1) is 0 Å². The standard InChI is InChI=1S/C29H35N3O3/c1-29(2,3)24-14-10-21(11-15-24)27(33)31-26-9-6-5-8-23(26)20-32(19-7-18-30)28(34)22-12-16-25(35-4)17-13-22/h5-6,8-17H,7,18-20,30H2,1-4H3,(H,31,33). The highest BCUT2D eigenvalue weighted by atomic mass is 16.5. The number of para-hydroxylation sites is 1. The number of rotatable bonds is 9. The highest BCUT2D eigenvalue weighted by molar-refractivity contribution is 6.04. The number of hydrogen-bond acceptors (Lipinski definition) is 4. The van der Waals surface area contributed by atoms with Gasteiger partial charge >= 0.3 is 0 Å². The molecule has 35 heavy (non-hydrogen) atoms. The molecule has 0 radical (unpaired) electrons. The zero-order valence-electron chi connectivity index (χ0n) is 21.0. The van der Waals surface area contributed by atoms with Crippen LogP contribution in [0.5, 0.6) is 5.75 Å². The molecule has 3 aromatic carbocycles. The second-order valence-electron chi connectivity index (χ2n) is 9.54. The van der Waals surface area contributed by atoms with E-state index in [2.05, 4.69) is 26.1 Å². The zero-order chi connectivity index (χ0) is 25.4. The molecular weight excluding hydrogens is 438 g/mol. The number of carbonyl (C=O) groups excluding carboxylic acids is 2. The van der Waals surface area contributed by atoms with Crippen molar-refractivity contribution in [1.29, 1.82) is 0 Å². The maximum atomic E-state index is 13.3. The van der Waals surface area contributed by atoms with Crippen molar-refractivity contribution in [2.75, 3.05) is 25.5 Å². The third kappa shape index (κ3) is 6.93. The van der Waals surface area contributed by atoms with Gasteiger partial charge in [-0.3, -0.25) is 9.59 Å². The lowest BCUT2D eigenvalue weighted by molar-refractivity contribution is 0.0742. The van der Waals surface area contributed by atoms with E-state index in [0.717, 1.165) is 5.56 Å². The number of anilines is 1. The molecule has 3 rings (SSSR count). The molecule has 0 aromatic heterocycles. The molecule has 0 fully saturated rings. The van der Waals surface area contributed by atoms with Gasteiger partial charge in [0, 0.05) is 29.9 Å². The van der Waals surface area contributed by atoms with Crippen LogP contribution in [-0.2, 0) is 12.0 Å². The molecule has 0 aliphatic heterocycles. The van der Waals surface area contributed by atoms with Crippen molar-refractivity contribution >= 4 is 17.5 Å². The maximum absolute atomic E-state index is 13.3. The first-order chi connectivity index (χ1) is 16.7. The van der Waals surface area contributed by atoms with Crippen molar-refractivity contribution < 1.29 is 14.3 Å². The Hall–Kier alpha value is -3.64. The number of carbonyl (C=O) groups is 2. The number of nitrogens with zero attached hydrogens (tertiary/aromatic N) is 1. The molecular formula is C29H35N3O3. The normalized spacial score (nSPS) is 11.1. The first-order valence-corrected chi connectivity index (χ1v) is 11.9. The van der Waals surface area contributed by atoms with E-state index in [1.807, 2.05) is 48.5 Å². The number of nitrogens with two attached hydrogens (primary N) is 1. The summed E-state index contributed by atoms with van der Waals surface area (Å²) in [5.41, 5.74) is 9.61. The van der Waals surface area contributed by atoms with Crippen LogP contribution in [0.4, 0.5) is 5.69 Å². The summed E-state index contributed by atoms with van der Waals surface area (Å²) in [6.45, 7) is 7.77. The van der Waals surface area contributed by atoms with Crippen LogP contribution in [0.25, 0.3) is 0 Å². The molecule has 0 aliphatic carbocycles. The summed E-state index contributed by atoms with van der Waals surface area (Å²) in [6.07, 6.45) is 0.677. The Morgan fingerprint density at radius 3 is 2.14 bits per heavy atom. The van der Waals surface area contributed by atoms with Crippen molar-refractivity contribution in [3.8, 4) is 5.75 Å².